The van der Waals surface area contributed by atoms with Gasteiger partial charge in [-0.25, -0.2) is 0 Å². The fourth-order valence-corrected chi connectivity index (χ4v) is 5.01. The Morgan fingerprint density at radius 1 is 0.607 bits per heavy atom. The Hall–Kier alpha value is -2.92. The maximum absolute atomic E-state index is 10.00. The molecular weight excluding hydrogens is 363 g/mol. The van der Waals surface area contributed by atoms with Gasteiger partial charge in [0.25, 0.3) is 0 Å². The molecule has 0 fully saturated rings. The van der Waals surface area contributed by atoms with Crippen molar-refractivity contribution in [3.05, 3.63) is 91.0 Å². The molecule has 0 aliphatic rings. The Labute approximate surface area is 167 Å². The summed E-state index contributed by atoms with van der Waals surface area (Å²) in [7, 11) is -1.52. The first-order valence-corrected chi connectivity index (χ1v) is 10.00. The SMILES string of the molecule is OB(O)c1ccc(-c2ccccc2)cc1-c1cccc2c1sc1ccccc12. The first-order valence-electron chi connectivity index (χ1n) is 9.18. The molecule has 0 atom stereocenters. The summed E-state index contributed by atoms with van der Waals surface area (Å²) in [6.07, 6.45) is 0. The minimum atomic E-state index is -1.52. The van der Waals surface area contributed by atoms with Gasteiger partial charge in [-0.2, -0.15) is 0 Å². The van der Waals surface area contributed by atoms with E-state index in [0.29, 0.717) is 5.46 Å². The number of thiophene rings is 1. The van der Waals surface area contributed by atoms with Crippen molar-refractivity contribution >= 4 is 44.1 Å². The fraction of sp³-hybridized carbons (Fsp3) is 0. The molecule has 2 N–H and O–H groups in total. The first kappa shape index (κ1) is 17.2. The maximum atomic E-state index is 10.00. The molecule has 2 nitrogen and oxygen atoms in total. The second-order valence-corrected chi connectivity index (χ2v) is 7.87. The molecule has 4 aromatic carbocycles. The standard InChI is InChI=1S/C24H17BO2S/c26-25(27)22-14-13-17(16-7-2-1-3-8-16)15-21(22)20-11-6-10-19-18-9-4-5-12-23(18)28-24(19)20/h1-15,26-27H. The van der Waals surface area contributed by atoms with Crippen molar-refractivity contribution in [2.45, 2.75) is 0 Å². The predicted octanol–water partition coefficient (Wildman–Crippen LogP) is 5.07. The molecule has 0 radical (unpaired) electrons. The third-order valence-electron chi connectivity index (χ3n) is 5.13. The van der Waals surface area contributed by atoms with Gasteiger partial charge in [0.15, 0.2) is 0 Å². The number of rotatable bonds is 3. The molecule has 0 saturated heterocycles. The zero-order valence-corrected chi connectivity index (χ0v) is 15.9. The Morgan fingerprint density at radius 2 is 1.36 bits per heavy atom. The van der Waals surface area contributed by atoms with Crippen molar-refractivity contribution in [2.24, 2.45) is 0 Å². The van der Waals surface area contributed by atoms with Crippen molar-refractivity contribution < 1.29 is 10.0 Å². The Bertz CT molecular complexity index is 1290. The Morgan fingerprint density at radius 3 is 2.18 bits per heavy atom. The zero-order valence-electron chi connectivity index (χ0n) is 15.0. The average molecular weight is 380 g/mol. The van der Waals surface area contributed by atoms with Crippen LogP contribution < -0.4 is 5.46 Å². The maximum Gasteiger partial charge on any atom is 0.489 e. The van der Waals surface area contributed by atoms with Crippen LogP contribution in [0.2, 0.25) is 0 Å². The molecule has 0 spiro atoms. The van der Waals surface area contributed by atoms with Crippen molar-refractivity contribution in [1.29, 1.82) is 0 Å². The molecular formula is C24H17BO2S. The van der Waals surface area contributed by atoms with Gasteiger partial charge < -0.3 is 10.0 Å². The smallest absolute Gasteiger partial charge is 0.423 e. The van der Waals surface area contributed by atoms with Gasteiger partial charge in [0.05, 0.1) is 0 Å². The highest BCUT2D eigenvalue weighted by atomic mass is 32.1. The van der Waals surface area contributed by atoms with Gasteiger partial charge in [-0.05, 0) is 39.8 Å². The van der Waals surface area contributed by atoms with E-state index in [0.717, 1.165) is 27.0 Å². The van der Waals surface area contributed by atoms with E-state index >= 15 is 0 Å². The summed E-state index contributed by atoms with van der Waals surface area (Å²) < 4.78 is 2.39. The van der Waals surface area contributed by atoms with Gasteiger partial charge in [0, 0.05) is 20.2 Å². The first-order chi connectivity index (χ1) is 13.7. The zero-order chi connectivity index (χ0) is 19.1. The second-order valence-electron chi connectivity index (χ2n) is 6.82. The second kappa shape index (κ2) is 6.91. The van der Waals surface area contributed by atoms with E-state index in [9.17, 15) is 10.0 Å². The van der Waals surface area contributed by atoms with E-state index < -0.39 is 7.12 Å². The third-order valence-corrected chi connectivity index (χ3v) is 6.35. The van der Waals surface area contributed by atoms with E-state index in [4.69, 9.17) is 0 Å². The average Bonchev–Trinajstić information content (AvgIpc) is 3.13. The molecule has 0 aliphatic carbocycles. The summed E-state index contributed by atoms with van der Waals surface area (Å²) >= 11 is 1.74. The van der Waals surface area contributed by atoms with Gasteiger partial charge in [-0.15, -0.1) is 11.3 Å². The number of hydrogen-bond acceptors (Lipinski definition) is 3. The van der Waals surface area contributed by atoms with Gasteiger partial charge in [0.1, 0.15) is 0 Å². The van der Waals surface area contributed by atoms with E-state index in [-0.39, 0.29) is 0 Å². The fourth-order valence-electron chi connectivity index (χ4n) is 3.78. The number of hydrogen-bond donors (Lipinski definition) is 2. The van der Waals surface area contributed by atoms with Crippen LogP contribution in [0.25, 0.3) is 42.4 Å². The molecule has 1 aromatic heterocycles. The normalized spacial score (nSPS) is 11.2. The van der Waals surface area contributed by atoms with Crippen LogP contribution in [0, 0.1) is 0 Å². The number of benzene rings is 4. The molecule has 4 heteroatoms. The lowest BCUT2D eigenvalue weighted by Crippen LogP contribution is -2.31. The molecule has 134 valence electrons. The van der Waals surface area contributed by atoms with Crippen LogP contribution in [-0.2, 0) is 0 Å². The minimum Gasteiger partial charge on any atom is -0.423 e. The summed E-state index contributed by atoms with van der Waals surface area (Å²) in [5, 5.41) is 22.4. The molecule has 0 amide bonds. The lowest BCUT2D eigenvalue weighted by molar-refractivity contribution is 0.426. The van der Waals surface area contributed by atoms with Crippen molar-refractivity contribution in [3.63, 3.8) is 0 Å². The van der Waals surface area contributed by atoms with E-state index in [1.807, 2.05) is 36.4 Å². The highest BCUT2D eigenvalue weighted by molar-refractivity contribution is 7.26. The largest absolute Gasteiger partial charge is 0.489 e. The molecule has 0 unspecified atom stereocenters. The Kier molecular flexibility index (Phi) is 4.25. The molecule has 5 aromatic rings. The molecule has 1 heterocycles. The van der Waals surface area contributed by atoms with Gasteiger partial charge in [-0.3, -0.25) is 0 Å². The highest BCUT2D eigenvalue weighted by Crippen LogP contribution is 2.40. The van der Waals surface area contributed by atoms with Crippen LogP contribution in [0.3, 0.4) is 0 Å². The van der Waals surface area contributed by atoms with Crippen LogP contribution in [0.1, 0.15) is 0 Å². The molecule has 5 rings (SSSR count). The molecule has 0 saturated carbocycles. The molecule has 0 aliphatic heterocycles. The topological polar surface area (TPSA) is 40.5 Å². The Balaban J connectivity index is 1.80. The van der Waals surface area contributed by atoms with Crippen LogP contribution in [0.15, 0.2) is 91.0 Å². The molecule has 0 bridgehead atoms. The van der Waals surface area contributed by atoms with Crippen LogP contribution >= 0.6 is 11.3 Å². The van der Waals surface area contributed by atoms with Crippen molar-refractivity contribution in [2.75, 3.05) is 0 Å². The lowest BCUT2D eigenvalue weighted by atomic mass is 9.74. The third kappa shape index (κ3) is 2.83. The lowest BCUT2D eigenvalue weighted by Gasteiger charge is -2.13. The highest BCUT2D eigenvalue weighted by Gasteiger charge is 2.20. The van der Waals surface area contributed by atoms with Gasteiger partial charge in [0.2, 0.25) is 0 Å². The van der Waals surface area contributed by atoms with Crippen molar-refractivity contribution in [1.82, 2.24) is 0 Å². The number of fused-ring (bicyclic) bond motifs is 3. The summed E-state index contributed by atoms with van der Waals surface area (Å²) in [6.45, 7) is 0. The predicted molar refractivity (Wildman–Crippen MR) is 120 cm³/mol. The van der Waals surface area contributed by atoms with Crippen LogP contribution in [0.4, 0.5) is 0 Å². The monoisotopic (exact) mass is 380 g/mol. The van der Waals surface area contributed by atoms with Crippen LogP contribution in [0.5, 0.6) is 0 Å². The summed E-state index contributed by atoms with van der Waals surface area (Å²) in [5.41, 5.74) is 4.56. The van der Waals surface area contributed by atoms with Gasteiger partial charge >= 0.3 is 7.12 Å². The van der Waals surface area contributed by atoms with E-state index in [1.54, 1.807) is 11.3 Å². The minimum absolute atomic E-state index is 0.518. The van der Waals surface area contributed by atoms with Gasteiger partial charge in [-0.1, -0.05) is 78.9 Å². The molecule has 28 heavy (non-hydrogen) atoms. The summed E-state index contributed by atoms with van der Waals surface area (Å²) in [6, 6.07) is 30.6. The quantitative estimate of drug-likeness (QED) is 0.429. The summed E-state index contributed by atoms with van der Waals surface area (Å²) in [5.74, 6) is 0. The van der Waals surface area contributed by atoms with E-state index in [2.05, 4.69) is 54.6 Å². The van der Waals surface area contributed by atoms with Crippen LogP contribution in [-0.4, -0.2) is 17.2 Å². The van der Waals surface area contributed by atoms with Crippen molar-refractivity contribution in [3.8, 4) is 22.3 Å². The van der Waals surface area contributed by atoms with E-state index in [1.165, 1.54) is 15.5 Å². The summed E-state index contributed by atoms with van der Waals surface area (Å²) in [4.78, 5) is 0.